The molecule has 0 aliphatic heterocycles. The van der Waals surface area contributed by atoms with Gasteiger partial charge >= 0.3 is 11.9 Å². The lowest BCUT2D eigenvalue weighted by atomic mass is 10.1. The van der Waals surface area contributed by atoms with Crippen LogP contribution in [0.3, 0.4) is 0 Å². The van der Waals surface area contributed by atoms with Crippen LogP contribution in [0.4, 0.5) is 0 Å². The largest absolute Gasteiger partial charge is 0.462 e. The fourth-order valence-corrected chi connectivity index (χ4v) is 5.16. The van der Waals surface area contributed by atoms with Gasteiger partial charge in [0.25, 0.3) is 0 Å². The standard InChI is InChI=1S/C45H74O5/c1-3-5-7-9-11-13-15-17-18-19-20-21-22-23-24-25-26-28-30-32-34-36-38-40-45(48)50-43(41-46)42-49-44(47)39-37-35-33-31-29-27-16-14-12-10-8-6-4-2/h5,7,11,13,17-18,20-21,23-24,27,29,33,35,43,46H,3-4,6,8-10,12,14-16,19,22,25-26,28,30-32,34,36-42H2,1-2H3/b7-5+,13-11+,18-17+,21-20+,24-23+,29-27+,35-33+. The van der Waals surface area contributed by atoms with Crippen molar-refractivity contribution in [2.24, 2.45) is 0 Å². The van der Waals surface area contributed by atoms with Crippen LogP contribution < -0.4 is 0 Å². The van der Waals surface area contributed by atoms with Crippen molar-refractivity contribution >= 4 is 11.9 Å². The summed E-state index contributed by atoms with van der Waals surface area (Å²) in [6, 6.07) is 0. The molecule has 0 spiro atoms. The van der Waals surface area contributed by atoms with E-state index in [9.17, 15) is 14.7 Å². The van der Waals surface area contributed by atoms with Crippen molar-refractivity contribution < 1.29 is 24.2 Å². The molecular formula is C45H74O5. The molecule has 1 N–H and O–H groups in total. The smallest absolute Gasteiger partial charge is 0.306 e. The molecular weight excluding hydrogens is 620 g/mol. The molecule has 0 amide bonds. The number of hydrogen-bond donors (Lipinski definition) is 1. The van der Waals surface area contributed by atoms with Crippen LogP contribution in [0.1, 0.15) is 168 Å². The highest BCUT2D eigenvalue weighted by Gasteiger charge is 2.15. The molecule has 5 nitrogen and oxygen atoms in total. The summed E-state index contributed by atoms with van der Waals surface area (Å²) in [6.45, 7) is 3.94. The van der Waals surface area contributed by atoms with Crippen LogP contribution in [0.2, 0.25) is 0 Å². The van der Waals surface area contributed by atoms with E-state index in [0.717, 1.165) is 70.6 Å². The number of aliphatic hydroxyl groups is 1. The summed E-state index contributed by atoms with van der Waals surface area (Å²) in [6.07, 6.45) is 55.1. The normalized spacial score (nSPS) is 13.1. The average molecular weight is 695 g/mol. The lowest BCUT2D eigenvalue weighted by Crippen LogP contribution is -2.28. The Morgan fingerprint density at radius 1 is 0.480 bits per heavy atom. The van der Waals surface area contributed by atoms with Crippen LogP contribution in [0.5, 0.6) is 0 Å². The number of hydrogen-bond acceptors (Lipinski definition) is 5. The SMILES string of the molecule is CC/C=C/C/C=C/C/C=C/C/C=C/C/C=C/CCCCCCCCCC(=O)OC(CO)COC(=O)CC/C=C/C/C=C/CCCCCCCC. The van der Waals surface area contributed by atoms with Crippen molar-refractivity contribution in [3.63, 3.8) is 0 Å². The van der Waals surface area contributed by atoms with Crippen LogP contribution in [-0.2, 0) is 19.1 Å². The Bertz CT molecular complexity index is 968. The summed E-state index contributed by atoms with van der Waals surface area (Å²) in [7, 11) is 0. The van der Waals surface area contributed by atoms with Gasteiger partial charge in [0.05, 0.1) is 6.61 Å². The minimum Gasteiger partial charge on any atom is -0.462 e. The number of aliphatic hydroxyl groups excluding tert-OH is 1. The van der Waals surface area contributed by atoms with Crippen molar-refractivity contribution in [2.45, 2.75) is 174 Å². The molecule has 1 atom stereocenters. The van der Waals surface area contributed by atoms with E-state index in [1.807, 2.05) is 6.08 Å². The number of rotatable bonds is 35. The quantitative estimate of drug-likeness (QED) is 0.0406. The highest BCUT2D eigenvalue weighted by molar-refractivity contribution is 5.70. The molecule has 0 saturated heterocycles. The fourth-order valence-electron chi connectivity index (χ4n) is 5.16. The molecule has 284 valence electrons. The summed E-state index contributed by atoms with van der Waals surface area (Å²) in [4.78, 5) is 24.2. The second-order valence-electron chi connectivity index (χ2n) is 13.0. The van der Waals surface area contributed by atoms with Crippen LogP contribution in [0.15, 0.2) is 85.1 Å². The molecule has 0 fully saturated rings. The third-order valence-electron chi connectivity index (χ3n) is 8.19. The molecule has 1 unspecified atom stereocenters. The highest BCUT2D eigenvalue weighted by Crippen LogP contribution is 2.12. The number of carbonyl (C=O) groups is 2. The van der Waals surface area contributed by atoms with E-state index in [4.69, 9.17) is 9.47 Å². The van der Waals surface area contributed by atoms with Gasteiger partial charge in [-0.3, -0.25) is 9.59 Å². The molecule has 0 saturated carbocycles. The summed E-state index contributed by atoms with van der Waals surface area (Å²) in [5.41, 5.74) is 0. The van der Waals surface area contributed by atoms with Gasteiger partial charge < -0.3 is 14.6 Å². The van der Waals surface area contributed by atoms with E-state index in [1.54, 1.807) is 0 Å². The average Bonchev–Trinajstić information content (AvgIpc) is 3.12. The maximum Gasteiger partial charge on any atom is 0.306 e. The first-order valence-corrected chi connectivity index (χ1v) is 20.1. The highest BCUT2D eigenvalue weighted by atomic mass is 16.6. The van der Waals surface area contributed by atoms with Crippen LogP contribution >= 0.6 is 0 Å². The third kappa shape index (κ3) is 37.9. The van der Waals surface area contributed by atoms with Crippen LogP contribution in [0.25, 0.3) is 0 Å². The van der Waals surface area contributed by atoms with Crippen molar-refractivity contribution in [1.82, 2.24) is 0 Å². The van der Waals surface area contributed by atoms with Gasteiger partial charge in [-0.25, -0.2) is 0 Å². The minimum atomic E-state index is -0.804. The van der Waals surface area contributed by atoms with E-state index in [1.165, 1.54) is 64.2 Å². The first-order valence-electron chi connectivity index (χ1n) is 20.1. The zero-order valence-corrected chi connectivity index (χ0v) is 32.1. The van der Waals surface area contributed by atoms with E-state index in [0.29, 0.717) is 12.8 Å². The molecule has 0 radical (unpaired) electrons. The van der Waals surface area contributed by atoms with E-state index in [2.05, 4.69) is 92.8 Å². The summed E-state index contributed by atoms with van der Waals surface area (Å²) in [5, 5.41) is 9.55. The van der Waals surface area contributed by atoms with Crippen LogP contribution in [-0.4, -0.2) is 36.4 Å². The van der Waals surface area contributed by atoms with Crippen molar-refractivity contribution in [1.29, 1.82) is 0 Å². The third-order valence-corrected chi connectivity index (χ3v) is 8.19. The second-order valence-corrected chi connectivity index (χ2v) is 13.0. The van der Waals surface area contributed by atoms with E-state index < -0.39 is 6.10 Å². The maximum absolute atomic E-state index is 12.2. The molecule has 0 aromatic carbocycles. The Morgan fingerprint density at radius 3 is 1.38 bits per heavy atom. The molecule has 0 aliphatic rings. The van der Waals surface area contributed by atoms with Gasteiger partial charge in [-0.2, -0.15) is 0 Å². The molecule has 0 aromatic rings. The first-order chi connectivity index (χ1) is 24.6. The summed E-state index contributed by atoms with van der Waals surface area (Å²) >= 11 is 0. The number of ether oxygens (including phenoxy) is 2. The monoisotopic (exact) mass is 695 g/mol. The van der Waals surface area contributed by atoms with E-state index in [-0.39, 0.29) is 31.6 Å². The van der Waals surface area contributed by atoms with Gasteiger partial charge in [-0.1, -0.05) is 163 Å². The van der Waals surface area contributed by atoms with Gasteiger partial charge in [-0.15, -0.1) is 0 Å². The lowest BCUT2D eigenvalue weighted by Gasteiger charge is -2.15. The Labute approximate surface area is 307 Å². The Hall–Kier alpha value is -2.92. The molecule has 0 heterocycles. The molecule has 0 bridgehead atoms. The maximum atomic E-state index is 12.2. The van der Waals surface area contributed by atoms with Gasteiger partial charge in [0, 0.05) is 12.8 Å². The molecule has 5 heteroatoms. The molecule has 0 aliphatic carbocycles. The molecule has 50 heavy (non-hydrogen) atoms. The summed E-state index contributed by atoms with van der Waals surface area (Å²) < 4.78 is 10.5. The van der Waals surface area contributed by atoms with Gasteiger partial charge in [0.15, 0.2) is 6.10 Å². The summed E-state index contributed by atoms with van der Waals surface area (Å²) in [5.74, 6) is -0.690. The zero-order chi connectivity index (χ0) is 36.4. The Morgan fingerprint density at radius 2 is 0.900 bits per heavy atom. The fraction of sp³-hybridized carbons (Fsp3) is 0.644. The number of esters is 2. The molecule has 0 rings (SSSR count). The Kier molecular flexibility index (Phi) is 38.1. The van der Waals surface area contributed by atoms with Crippen molar-refractivity contribution in [3.8, 4) is 0 Å². The topological polar surface area (TPSA) is 72.8 Å². The van der Waals surface area contributed by atoms with Crippen molar-refractivity contribution in [2.75, 3.05) is 13.2 Å². The number of carbonyl (C=O) groups excluding carboxylic acids is 2. The lowest BCUT2D eigenvalue weighted by molar-refractivity contribution is -0.161. The second kappa shape index (κ2) is 40.5. The van der Waals surface area contributed by atoms with Crippen LogP contribution in [0, 0.1) is 0 Å². The van der Waals surface area contributed by atoms with Gasteiger partial charge in [0.2, 0.25) is 0 Å². The Balaban J connectivity index is 3.66. The zero-order valence-electron chi connectivity index (χ0n) is 32.1. The van der Waals surface area contributed by atoms with E-state index >= 15 is 0 Å². The predicted molar refractivity (Wildman–Crippen MR) is 214 cm³/mol. The van der Waals surface area contributed by atoms with Gasteiger partial charge in [0.1, 0.15) is 6.61 Å². The number of allylic oxidation sites excluding steroid dienone is 14. The predicted octanol–water partition coefficient (Wildman–Crippen LogP) is 12.7. The van der Waals surface area contributed by atoms with Crippen molar-refractivity contribution in [3.05, 3.63) is 85.1 Å². The van der Waals surface area contributed by atoms with Gasteiger partial charge in [-0.05, 0) is 77.0 Å². The number of unbranched alkanes of at least 4 members (excludes halogenated alkanes) is 13. The molecule has 0 aromatic heterocycles. The first kappa shape index (κ1) is 47.1. The minimum absolute atomic E-state index is 0.106.